The van der Waals surface area contributed by atoms with Gasteiger partial charge in [-0.25, -0.2) is 4.79 Å². The zero-order valence-electron chi connectivity index (χ0n) is 9.02. The monoisotopic (exact) mass is 221 g/mol. The smallest absolute Gasteiger partial charge is 0.407 e. The van der Waals surface area contributed by atoms with E-state index in [4.69, 9.17) is 5.11 Å². The topological polar surface area (TPSA) is 57.5 Å². The van der Waals surface area contributed by atoms with Gasteiger partial charge in [0.25, 0.3) is 0 Å². The summed E-state index contributed by atoms with van der Waals surface area (Å²) in [7, 11) is 0. The van der Waals surface area contributed by atoms with Crippen LogP contribution in [0.5, 0.6) is 0 Å². The molecular formula is C11H15N3O2. The number of carbonyl (C=O) groups is 1. The maximum atomic E-state index is 10.8. The molecule has 5 nitrogen and oxygen atoms in total. The van der Waals surface area contributed by atoms with Gasteiger partial charge in [-0.3, -0.25) is 0 Å². The lowest BCUT2D eigenvalue weighted by Gasteiger charge is -2.38. The van der Waals surface area contributed by atoms with Gasteiger partial charge in [-0.1, -0.05) is 0 Å². The molecule has 2 aliphatic heterocycles. The van der Waals surface area contributed by atoms with Crippen LogP contribution in [-0.2, 0) is 6.54 Å². The third-order valence-electron chi connectivity index (χ3n) is 3.69. The average molecular weight is 221 g/mol. The molecule has 0 saturated carbocycles. The lowest BCUT2D eigenvalue weighted by Crippen LogP contribution is -2.50. The first-order valence-electron chi connectivity index (χ1n) is 5.60. The highest BCUT2D eigenvalue weighted by atomic mass is 16.4. The van der Waals surface area contributed by atoms with Crippen molar-refractivity contribution in [2.75, 3.05) is 18.4 Å². The summed E-state index contributed by atoms with van der Waals surface area (Å²) in [6, 6.07) is 4.10. The molecule has 0 bridgehead atoms. The van der Waals surface area contributed by atoms with Crippen molar-refractivity contribution in [1.82, 2.24) is 9.47 Å². The summed E-state index contributed by atoms with van der Waals surface area (Å²) in [6.07, 6.45) is 3.05. The molecule has 3 rings (SSSR count). The number of rotatable bonds is 0. The lowest BCUT2D eigenvalue weighted by atomic mass is 9.88. The highest BCUT2D eigenvalue weighted by Crippen LogP contribution is 2.34. The Labute approximate surface area is 93.7 Å². The van der Waals surface area contributed by atoms with Crippen LogP contribution >= 0.6 is 0 Å². The van der Waals surface area contributed by atoms with Crippen molar-refractivity contribution in [3.8, 4) is 0 Å². The molecule has 1 aromatic rings. The van der Waals surface area contributed by atoms with E-state index in [1.54, 1.807) is 0 Å². The van der Waals surface area contributed by atoms with Crippen LogP contribution in [0.4, 0.5) is 10.6 Å². The van der Waals surface area contributed by atoms with Gasteiger partial charge < -0.3 is 19.9 Å². The lowest BCUT2D eigenvalue weighted by molar-refractivity contribution is 0.120. The van der Waals surface area contributed by atoms with Gasteiger partial charge in [0.15, 0.2) is 0 Å². The Kier molecular flexibility index (Phi) is 1.89. The van der Waals surface area contributed by atoms with Gasteiger partial charge in [0.2, 0.25) is 0 Å². The number of carboxylic acid groups (broad SMARTS) is 1. The zero-order chi connectivity index (χ0) is 11.2. The van der Waals surface area contributed by atoms with Gasteiger partial charge in [-0.15, -0.1) is 0 Å². The SMILES string of the molecule is O=C(O)N1CCC2(CC1)Cn1cccc1N2. The molecule has 1 saturated heterocycles. The minimum absolute atomic E-state index is 0.0859. The Balaban J connectivity index is 1.71. The highest BCUT2D eigenvalue weighted by Gasteiger charge is 2.40. The first-order chi connectivity index (χ1) is 7.69. The number of anilines is 1. The predicted octanol–water partition coefficient (Wildman–Crippen LogP) is 1.43. The van der Waals surface area contributed by atoms with Crippen LogP contribution in [0, 0.1) is 0 Å². The fourth-order valence-corrected chi connectivity index (χ4v) is 2.71. The first kappa shape index (κ1) is 9.57. The predicted molar refractivity (Wildman–Crippen MR) is 59.6 cm³/mol. The molecule has 1 spiro atoms. The van der Waals surface area contributed by atoms with E-state index >= 15 is 0 Å². The second kappa shape index (κ2) is 3.17. The maximum Gasteiger partial charge on any atom is 0.407 e. The third kappa shape index (κ3) is 1.35. The summed E-state index contributed by atoms with van der Waals surface area (Å²) in [6.45, 7) is 2.23. The molecule has 1 aromatic heterocycles. The second-order valence-corrected chi connectivity index (χ2v) is 4.70. The zero-order valence-corrected chi connectivity index (χ0v) is 9.02. The van der Waals surface area contributed by atoms with Gasteiger partial charge >= 0.3 is 6.09 Å². The van der Waals surface area contributed by atoms with Crippen LogP contribution in [0.15, 0.2) is 18.3 Å². The molecule has 3 heterocycles. The second-order valence-electron chi connectivity index (χ2n) is 4.70. The summed E-state index contributed by atoms with van der Waals surface area (Å²) in [4.78, 5) is 12.3. The van der Waals surface area contributed by atoms with Crippen LogP contribution in [0.3, 0.4) is 0 Å². The molecular weight excluding hydrogens is 206 g/mol. The Morgan fingerprint density at radius 2 is 2.19 bits per heavy atom. The van der Waals surface area contributed by atoms with Gasteiger partial charge in [0, 0.05) is 25.8 Å². The summed E-state index contributed by atoms with van der Waals surface area (Å²) < 4.78 is 2.20. The molecule has 0 unspecified atom stereocenters. The molecule has 86 valence electrons. The Morgan fingerprint density at radius 1 is 1.44 bits per heavy atom. The molecule has 16 heavy (non-hydrogen) atoms. The van der Waals surface area contributed by atoms with Crippen LogP contribution < -0.4 is 5.32 Å². The number of piperidine rings is 1. The highest BCUT2D eigenvalue weighted by molar-refractivity contribution is 5.65. The van der Waals surface area contributed by atoms with E-state index in [2.05, 4.69) is 22.1 Å². The fourth-order valence-electron chi connectivity index (χ4n) is 2.71. The number of nitrogens with one attached hydrogen (secondary N) is 1. The van der Waals surface area contributed by atoms with E-state index in [0.29, 0.717) is 13.1 Å². The Morgan fingerprint density at radius 3 is 2.81 bits per heavy atom. The van der Waals surface area contributed by atoms with E-state index in [-0.39, 0.29) is 5.54 Å². The van der Waals surface area contributed by atoms with Crippen molar-refractivity contribution in [3.63, 3.8) is 0 Å². The summed E-state index contributed by atoms with van der Waals surface area (Å²) >= 11 is 0. The number of aromatic nitrogens is 1. The third-order valence-corrected chi connectivity index (χ3v) is 3.69. The van der Waals surface area contributed by atoms with E-state index in [9.17, 15) is 4.79 Å². The maximum absolute atomic E-state index is 10.8. The van der Waals surface area contributed by atoms with Crippen LogP contribution in [0.1, 0.15) is 12.8 Å². The molecule has 5 heteroatoms. The van der Waals surface area contributed by atoms with E-state index in [0.717, 1.165) is 25.2 Å². The van der Waals surface area contributed by atoms with E-state index in [1.165, 1.54) is 4.90 Å². The van der Waals surface area contributed by atoms with Crippen molar-refractivity contribution >= 4 is 11.9 Å². The number of amides is 1. The summed E-state index contributed by atoms with van der Waals surface area (Å²) in [5, 5.41) is 12.4. The van der Waals surface area contributed by atoms with Gasteiger partial charge in [-0.2, -0.15) is 0 Å². The number of nitrogens with zero attached hydrogens (tertiary/aromatic N) is 2. The van der Waals surface area contributed by atoms with Gasteiger partial charge in [0.05, 0.1) is 5.54 Å². The number of likely N-dealkylation sites (tertiary alicyclic amines) is 1. The molecule has 0 radical (unpaired) electrons. The van der Waals surface area contributed by atoms with Crippen LogP contribution in [0.2, 0.25) is 0 Å². The molecule has 1 fully saturated rings. The minimum atomic E-state index is -0.799. The van der Waals surface area contributed by atoms with Crippen LogP contribution in [-0.4, -0.2) is 39.3 Å². The van der Waals surface area contributed by atoms with Crippen molar-refractivity contribution in [1.29, 1.82) is 0 Å². The Hall–Kier alpha value is -1.65. The van der Waals surface area contributed by atoms with Crippen molar-refractivity contribution < 1.29 is 9.90 Å². The quantitative estimate of drug-likeness (QED) is 0.696. The average Bonchev–Trinajstić information content (AvgIpc) is 2.77. The van der Waals surface area contributed by atoms with Crippen LogP contribution in [0.25, 0.3) is 0 Å². The number of hydrogen-bond acceptors (Lipinski definition) is 2. The first-order valence-corrected chi connectivity index (χ1v) is 5.60. The number of fused-ring (bicyclic) bond motifs is 1. The fraction of sp³-hybridized carbons (Fsp3) is 0.545. The van der Waals surface area contributed by atoms with Crippen molar-refractivity contribution in [2.45, 2.75) is 24.9 Å². The van der Waals surface area contributed by atoms with Gasteiger partial charge in [-0.05, 0) is 25.0 Å². The molecule has 2 N–H and O–H groups in total. The van der Waals surface area contributed by atoms with Crippen molar-refractivity contribution in [2.24, 2.45) is 0 Å². The molecule has 1 amide bonds. The minimum Gasteiger partial charge on any atom is -0.465 e. The van der Waals surface area contributed by atoms with Crippen molar-refractivity contribution in [3.05, 3.63) is 18.3 Å². The standard InChI is InChI=1S/C11H15N3O2/c15-10(16)13-6-3-11(4-7-13)8-14-5-1-2-9(14)12-11/h1-2,5,12H,3-4,6-8H2,(H,15,16). The molecule has 0 aliphatic carbocycles. The molecule has 0 atom stereocenters. The van der Waals surface area contributed by atoms with Gasteiger partial charge in [0.1, 0.15) is 5.82 Å². The summed E-state index contributed by atoms with van der Waals surface area (Å²) in [5.74, 6) is 1.16. The molecule has 0 aromatic carbocycles. The molecule has 2 aliphatic rings. The summed E-state index contributed by atoms with van der Waals surface area (Å²) in [5.41, 5.74) is 0.0859. The largest absolute Gasteiger partial charge is 0.465 e. The van der Waals surface area contributed by atoms with E-state index in [1.807, 2.05) is 6.07 Å². The normalized spacial score (nSPS) is 21.9. The van der Waals surface area contributed by atoms with E-state index < -0.39 is 6.09 Å². The number of hydrogen-bond donors (Lipinski definition) is 2. The Bertz CT molecular complexity index is 396.